The molecule has 0 bridgehead atoms. The van der Waals surface area contributed by atoms with Gasteiger partial charge >= 0.3 is 0 Å². The predicted molar refractivity (Wildman–Crippen MR) is 84.7 cm³/mol. The molecule has 1 N–H and O–H groups in total. The Morgan fingerprint density at radius 1 is 1.00 bits per heavy atom. The third-order valence-corrected chi connectivity index (χ3v) is 4.15. The van der Waals surface area contributed by atoms with Crippen molar-refractivity contribution in [2.75, 3.05) is 6.54 Å². The highest BCUT2D eigenvalue weighted by molar-refractivity contribution is 6.30. The summed E-state index contributed by atoms with van der Waals surface area (Å²) in [5.74, 6) is 0.0861. The lowest BCUT2D eigenvalue weighted by atomic mass is 10.0. The molecule has 0 atom stereocenters. The summed E-state index contributed by atoms with van der Waals surface area (Å²) < 4.78 is 1.75. The molecule has 3 aromatic rings. The molecule has 1 aromatic heterocycles. The summed E-state index contributed by atoms with van der Waals surface area (Å²) in [6, 6.07) is 14.1. The van der Waals surface area contributed by atoms with Gasteiger partial charge in [-0.15, -0.1) is 0 Å². The highest BCUT2D eigenvalue weighted by Gasteiger charge is 2.17. The van der Waals surface area contributed by atoms with Crippen molar-refractivity contribution in [3.8, 4) is 11.1 Å². The van der Waals surface area contributed by atoms with E-state index in [4.69, 9.17) is 11.6 Å². The van der Waals surface area contributed by atoms with Crippen LogP contribution in [0.25, 0.3) is 22.0 Å². The Hall–Kier alpha value is -2.10. The van der Waals surface area contributed by atoms with Gasteiger partial charge in [0.1, 0.15) is 0 Å². The minimum atomic E-state index is 0.0861. The maximum Gasteiger partial charge on any atom is 0.245 e. The fraction of sp³-hybridized carbons (Fsp3) is 0.118. The average Bonchev–Trinajstić information content (AvgIpc) is 2.84. The maximum atomic E-state index is 12.0. The van der Waals surface area contributed by atoms with Crippen molar-refractivity contribution in [3.05, 3.63) is 59.2 Å². The molecule has 0 fully saturated rings. The summed E-state index contributed by atoms with van der Waals surface area (Å²) in [7, 11) is 0. The summed E-state index contributed by atoms with van der Waals surface area (Å²) in [5.41, 5.74) is 4.43. The van der Waals surface area contributed by atoms with Crippen LogP contribution in [0.3, 0.4) is 0 Å². The van der Waals surface area contributed by atoms with Gasteiger partial charge in [-0.2, -0.15) is 0 Å². The van der Waals surface area contributed by atoms with Crippen molar-refractivity contribution >= 4 is 28.4 Å². The van der Waals surface area contributed by atoms with E-state index >= 15 is 0 Å². The number of aromatic nitrogens is 1. The maximum absolute atomic E-state index is 12.0. The van der Waals surface area contributed by atoms with E-state index in [2.05, 4.69) is 17.4 Å². The third kappa shape index (κ3) is 2.06. The lowest BCUT2D eigenvalue weighted by molar-refractivity contribution is 0.0920. The Morgan fingerprint density at radius 3 is 2.62 bits per heavy atom. The molecule has 2 aromatic carbocycles. The van der Waals surface area contributed by atoms with Crippen LogP contribution in [0.2, 0.25) is 5.02 Å². The Kier molecular flexibility index (Phi) is 2.84. The van der Waals surface area contributed by atoms with Crippen LogP contribution in [0.1, 0.15) is 10.4 Å². The van der Waals surface area contributed by atoms with Gasteiger partial charge in [-0.3, -0.25) is 9.36 Å². The zero-order valence-corrected chi connectivity index (χ0v) is 12.0. The van der Waals surface area contributed by atoms with Crippen molar-refractivity contribution < 1.29 is 4.79 Å². The van der Waals surface area contributed by atoms with Crippen molar-refractivity contribution in [2.45, 2.75) is 6.54 Å². The minimum Gasteiger partial charge on any atom is -0.304 e. The van der Waals surface area contributed by atoms with Crippen LogP contribution in [0.4, 0.5) is 0 Å². The van der Waals surface area contributed by atoms with E-state index < -0.39 is 0 Å². The predicted octanol–water partition coefficient (Wildman–Crippen LogP) is 3.71. The highest BCUT2D eigenvalue weighted by atomic mass is 35.5. The molecule has 3 nitrogen and oxygen atoms in total. The largest absolute Gasteiger partial charge is 0.304 e. The minimum absolute atomic E-state index is 0.0861. The monoisotopic (exact) mass is 296 g/mol. The summed E-state index contributed by atoms with van der Waals surface area (Å²) >= 11 is 5.95. The van der Waals surface area contributed by atoms with Crippen LogP contribution >= 0.6 is 11.6 Å². The van der Waals surface area contributed by atoms with Crippen molar-refractivity contribution in [2.24, 2.45) is 0 Å². The van der Waals surface area contributed by atoms with Gasteiger partial charge in [0.25, 0.3) is 0 Å². The second-order valence-corrected chi connectivity index (χ2v) is 5.70. The second kappa shape index (κ2) is 4.72. The Morgan fingerprint density at radius 2 is 1.81 bits per heavy atom. The van der Waals surface area contributed by atoms with E-state index in [1.54, 1.807) is 4.57 Å². The normalized spacial score (nSPS) is 14.4. The number of halogens is 1. The summed E-state index contributed by atoms with van der Waals surface area (Å²) in [6.45, 7) is 1.07. The molecule has 104 valence electrons. The molecule has 0 radical (unpaired) electrons. The summed E-state index contributed by atoms with van der Waals surface area (Å²) in [4.78, 5) is 12.0. The van der Waals surface area contributed by atoms with Crippen LogP contribution in [-0.4, -0.2) is 17.0 Å². The first kappa shape index (κ1) is 12.6. The molecule has 2 heterocycles. The van der Waals surface area contributed by atoms with Gasteiger partial charge in [0.2, 0.25) is 5.91 Å². The van der Waals surface area contributed by atoms with E-state index in [1.807, 2.05) is 36.5 Å². The molecule has 0 amide bonds. The van der Waals surface area contributed by atoms with Gasteiger partial charge in [0.05, 0.1) is 12.1 Å². The fourth-order valence-electron chi connectivity index (χ4n) is 2.91. The van der Waals surface area contributed by atoms with Gasteiger partial charge in [0, 0.05) is 23.2 Å². The molecule has 1 aliphatic rings. The van der Waals surface area contributed by atoms with Crippen LogP contribution in [-0.2, 0) is 6.54 Å². The zero-order chi connectivity index (χ0) is 14.4. The van der Waals surface area contributed by atoms with E-state index in [-0.39, 0.29) is 5.91 Å². The first-order valence-corrected chi connectivity index (χ1v) is 7.24. The van der Waals surface area contributed by atoms with Crippen molar-refractivity contribution in [3.63, 3.8) is 0 Å². The number of nitrogens with zero attached hydrogens (tertiary/aromatic N) is 1. The molecule has 4 rings (SSSR count). The van der Waals surface area contributed by atoms with E-state index in [0.717, 1.165) is 32.6 Å². The number of rotatable bonds is 1. The topological polar surface area (TPSA) is 34.0 Å². The van der Waals surface area contributed by atoms with Crippen LogP contribution in [0, 0.1) is 0 Å². The highest BCUT2D eigenvalue weighted by Crippen LogP contribution is 2.30. The van der Waals surface area contributed by atoms with Gasteiger partial charge < -0.3 is 5.32 Å². The van der Waals surface area contributed by atoms with E-state index in [9.17, 15) is 4.79 Å². The SMILES string of the molecule is O=C1CNCc2cc(-c3ccc(Cl)cc3)cc3ccn1c23. The van der Waals surface area contributed by atoms with E-state index in [0.29, 0.717) is 13.1 Å². The standard InChI is InChI=1S/C17H13ClN2O/c18-15-3-1-11(2-4-15)13-7-12-5-6-20-16(21)10-19-9-14(8-13)17(12)20/h1-8,19H,9-10H2. The molecule has 21 heavy (non-hydrogen) atoms. The molecule has 0 unspecified atom stereocenters. The van der Waals surface area contributed by atoms with Gasteiger partial charge in [-0.1, -0.05) is 23.7 Å². The number of benzene rings is 2. The lowest BCUT2D eigenvalue weighted by Crippen LogP contribution is -2.23. The molecule has 4 heteroatoms. The average molecular weight is 297 g/mol. The zero-order valence-electron chi connectivity index (χ0n) is 11.3. The quantitative estimate of drug-likeness (QED) is 0.743. The Labute approximate surface area is 127 Å². The van der Waals surface area contributed by atoms with Gasteiger partial charge in [-0.05, 0) is 47.0 Å². The molecule has 0 aliphatic carbocycles. The molecule has 1 aliphatic heterocycles. The first-order valence-electron chi connectivity index (χ1n) is 6.86. The Bertz CT molecular complexity index is 849. The third-order valence-electron chi connectivity index (χ3n) is 3.90. The smallest absolute Gasteiger partial charge is 0.245 e. The van der Waals surface area contributed by atoms with Crippen molar-refractivity contribution in [1.82, 2.24) is 9.88 Å². The molecular formula is C17H13ClN2O. The second-order valence-electron chi connectivity index (χ2n) is 5.26. The van der Waals surface area contributed by atoms with E-state index in [1.165, 1.54) is 0 Å². The number of hydrogen-bond acceptors (Lipinski definition) is 2. The van der Waals surface area contributed by atoms with Crippen LogP contribution in [0.5, 0.6) is 0 Å². The fourth-order valence-corrected chi connectivity index (χ4v) is 3.04. The molecular weight excluding hydrogens is 284 g/mol. The van der Waals surface area contributed by atoms with Gasteiger partial charge in [-0.25, -0.2) is 0 Å². The Balaban J connectivity index is 1.95. The molecule has 0 saturated carbocycles. The number of carbonyl (C=O) groups is 1. The van der Waals surface area contributed by atoms with Gasteiger partial charge in [0.15, 0.2) is 0 Å². The molecule has 0 saturated heterocycles. The van der Waals surface area contributed by atoms with Crippen LogP contribution in [0.15, 0.2) is 48.7 Å². The number of nitrogens with one attached hydrogen (secondary N) is 1. The number of hydrogen-bond donors (Lipinski definition) is 1. The summed E-state index contributed by atoms with van der Waals surface area (Å²) in [5, 5.41) is 5.01. The van der Waals surface area contributed by atoms with Crippen molar-refractivity contribution in [1.29, 1.82) is 0 Å². The number of carbonyl (C=O) groups excluding carboxylic acids is 1. The first-order chi connectivity index (χ1) is 10.2. The molecule has 0 spiro atoms. The van der Waals surface area contributed by atoms with Crippen LogP contribution < -0.4 is 5.32 Å². The lowest BCUT2D eigenvalue weighted by Gasteiger charge is -2.08. The summed E-state index contributed by atoms with van der Waals surface area (Å²) in [6.07, 6.45) is 1.86.